The molecule has 2 aliphatic heterocycles. The quantitative estimate of drug-likeness (QED) is 0.398. The number of nitrogens with zero attached hydrogens (tertiary/aromatic N) is 2. The van der Waals surface area contributed by atoms with Crippen LogP contribution < -0.4 is 14.5 Å². The van der Waals surface area contributed by atoms with Gasteiger partial charge in [-0.25, -0.2) is 0 Å². The number of hydrogen-bond donors (Lipinski definition) is 0. The predicted molar refractivity (Wildman–Crippen MR) is 124 cm³/mol. The number of benzene rings is 2. The fourth-order valence-corrected chi connectivity index (χ4v) is 6.44. The molecular formula is C27H26N2O5. The normalized spacial score (nSPS) is 29.8. The number of imide groups is 1. The van der Waals surface area contributed by atoms with Crippen molar-refractivity contribution in [1.29, 1.82) is 0 Å². The molecule has 4 fully saturated rings. The number of carbonyl (C=O) groups excluding carboxylic acids is 4. The summed E-state index contributed by atoms with van der Waals surface area (Å²) in [6.07, 6.45) is 3.18. The van der Waals surface area contributed by atoms with Gasteiger partial charge < -0.3 is 9.64 Å². The standard InChI is InChI=1S/C27H26N2O5/c1-15-3-2-4-20(11-15)28-14-18(13-22(28)30)27(33)34-21-9-7-19(8-10-21)29-25(31)23-16-5-6-17(12-16)24(23)26(29)32/h2-4,7-11,16-18,23-24H,5-6,12-14H2,1H3/t16-,17-,18+,23+,24+/m0/s1. The van der Waals surface area contributed by atoms with Gasteiger partial charge in [0.25, 0.3) is 0 Å². The number of rotatable bonds is 4. The minimum absolute atomic E-state index is 0.0901. The molecule has 7 nitrogen and oxygen atoms in total. The van der Waals surface area contributed by atoms with Crippen molar-refractivity contribution in [2.24, 2.45) is 29.6 Å². The summed E-state index contributed by atoms with van der Waals surface area (Å²) in [6, 6.07) is 14.1. The maximum Gasteiger partial charge on any atom is 0.316 e. The second-order valence-corrected chi connectivity index (χ2v) is 10.1. The van der Waals surface area contributed by atoms with Crippen molar-refractivity contribution >= 4 is 35.1 Å². The Morgan fingerprint density at radius 3 is 2.24 bits per heavy atom. The van der Waals surface area contributed by atoms with E-state index >= 15 is 0 Å². The Balaban J connectivity index is 1.12. The lowest BCUT2D eigenvalue weighted by Crippen LogP contribution is -2.32. The Kier molecular flexibility index (Phi) is 4.83. The molecule has 6 rings (SSSR count). The van der Waals surface area contributed by atoms with Crippen LogP contribution >= 0.6 is 0 Å². The van der Waals surface area contributed by atoms with Crippen LogP contribution in [0.3, 0.4) is 0 Å². The third kappa shape index (κ3) is 3.25. The number of ether oxygens (including phenoxy) is 1. The fraction of sp³-hybridized carbons (Fsp3) is 0.407. The summed E-state index contributed by atoms with van der Waals surface area (Å²) in [6.45, 7) is 2.24. The number of aryl methyl sites for hydroxylation is 1. The van der Waals surface area contributed by atoms with Crippen LogP contribution in [0.4, 0.5) is 11.4 Å². The van der Waals surface area contributed by atoms with Crippen LogP contribution in [0.1, 0.15) is 31.2 Å². The van der Waals surface area contributed by atoms with Crippen LogP contribution in [-0.2, 0) is 19.2 Å². The number of anilines is 2. The number of hydrogen-bond acceptors (Lipinski definition) is 5. The highest BCUT2D eigenvalue weighted by molar-refractivity contribution is 6.22. The highest BCUT2D eigenvalue weighted by Gasteiger charge is 2.61. The maximum absolute atomic E-state index is 13.0. The van der Waals surface area contributed by atoms with Crippen molar-refractivity contribution in [3.05, 3.63) is 54.1 Å². The van der Waals surface area contributed by atoms with Gasteiger partial charge in [-0.3, -0.25) is 24.1 Å². The number of carbonyl (C=O) groups is 4. The summed E-state index contributed by atoms with van der Waals surface area (Å²) in [4.78, 5) is 54.2. The van der Waals surface area contributed by atoms with Crippen molar-refractivity contribution < 1.29 is 23.9 Å². The predicted octanol–water partition coefficient (Wildman–Crippen LogP) is 3.49. The van der Waals surface area contributed by atoms with Gasteiger partial charge in [-0.15, -0.1) is 0 Å². The van der Waals surface area contributed by atoms with Gasteiger partial charge in [0, 0.05) is 18.7 Å². The van der Waals surface area contributed by atoms with Gasteiger partial charge in [-0.2, -0.15) is 0 Å². The molecule has 2 aromatic carbocycles. The Hall–Kier alpha value is -3.48. The molecule has 34 heavy (non-hydrogen) atoms. The van der Waals surface area contributed by atoms with E-state index in [4.69, 9.17) is 4.74 Å². The minimum atomic E-state index is -0.552. The molecule has 2 aromatic rings. The Bertz CT molecular complexity index is 1180. The van der Waals surface area contributed by atoms with Crippen LogP contribution in [-0.4, -0.2) is 30.2 Å². The van der Waals surface area contributed by atoms with E-state index in [2.05, 4.69) is 0 Å². The first-order chi connectivity index (χ1) is 16.4. The molecule has 0 radical (unpaired) electrons. The maximum atomic E-state index is 13.0. The summed E-state index contributed by atoms with van der Waals surface area (Å²) in [5.41, 5.74) is 2.34. The second-order valence-electron chi connectivity index (χ2n) is 10.1. The molecule has 2 heterocycles. The van der Waals surface area contributed by atoms with Gasteiger partial charge in [-0.1, -0.05) is 12.1 Å². The van der Waals surface area contributed by atoms with E-state index in [9.17, 15) is 19.2 Å². The lowest BCUT2D eigenvalue weighted by atomic mass is 9.81. The average Bonchev–Trinajstić information content (AvgIpc) is 3.58. The molecule has 2 saturated carbocycles. The van der Waals surface area contributed by atoms with Gasteiger partial charge >= 0.3 is 5.97 Å². The average molecular weight is 459 g/mol. The summed E-state index contributed by atoms with van der Waals surface area (Å²) in [5.74, 6) is -0.626. The third-order valence-corrected chi connectivity index (χ3v) is 8.01. The molecular weight excluding hydrogens is 432 g/mol. The Morgan fingerprint density at radius 1 is 0.912 bits per heavy atom. The van der Waals surface area contributed by atoms with E-state index < -0.39 is 11.9 Å². The zero-order valence-electron chi connectivity index (χ0n) is 19.0. The SMILES string of the molecule is Cc1cccc(N2C[C@H](C(=O)Oc3ccc(N4C(=O)[C@@H]5[C@H]6CC[C@@H](C6)[C@H]5C4=O)cc3)CC2=O)c1. The van der Waals surface area contributed by atoms with Crippen molar-refractivity contribution in [2.75, 3.05) is 16.3 Å². The molecule has 5 atom stereocenters. The van der Waals surface area contributed by atoms with E-state index in [0.717, 1.165) is 30.5 Å². The van der Waals surface area contributed by atoms with E-state index in [-0.39, 0.29) is 42.5 Å². The van der Waals surface area contributed by atoms with Crippen LogP contribution in [0, 0.1) is 36.5 Å². The topological polar surface area (TPSA) is 84.0 Å². The van der Waals surface area contributed by atoms with Crippen LogP contribution in [0.5, 0.6) is 5.75 Å². The molecule has 174 valence electrons. The monoisotopic (exact) mass is 458 g/mol. The molecule has 3 amide bonds. The second kappa shape index (κ2) is 7.79. The summed E-state index contributed by atoms with van der Waals surface area (Å²) in [5, 5.41) is 0. The molecule has 4 aliphatic rings. The summed E-state index contributed by atoms with van der Waals surface area (Å²) in [7, 11) is 0. The zero-order chi connectivity index (χ0) is 23.6. The third-order valence-electron chi connectivity index (χ3n) is 8.01. The first-order valence-electron chi connectivity index (χ1n) is 12.0. The van der Waals surface area contributed by atoms with Gasteiger partial charge in [0.2, 0.25) is 17.7 Å². The molecule has 0 N–H and O–H groups in total. The molecule has 2 bridgehead atoms. The molecule has 0 unspecified atom stereocenters. The fourth-order valence-electron chi connectivity index (χ4n) is 6.44. The van der Waals surface area contributed by atoms with Gasteiger partial charge in [0.05, 0.1) is 23.4 Å². The van der Waals surface area contributed by atoms with Crippen LogP contribution in [0.25, 0.3) is 0 Å². The first kappa shape index (κ1) is 21.1. The number of esters is 1. The van der Waals surface area contributed by atoms with Crippen LogP contribution in [0.15, 0.2) is 48.5 Å². The molecule has 7 heteroatoms. The minimum Gasteiger partial charge on any atom is -0.426 e. The zero-order valence-corrected chi connectivity index (χ0v) is 19.0. The van der Waals surface area contributed by atoms with Crippen molar-refractivity contribution in [1.82, 2.24) is 0 Å². The summed E-state index contributed by atoms with van der Waals surface area (Å²) >= 11 is 0. The smallest absolute Gasteiger partial charge is 0.316 e. The van der Waals surface area contributed by atoms with E-state index in [0.29, 0.717) is 23.3 Å². The lowest BCUT2D eigenvalue weighted by molar-refractivity contribution is -0.139. The van der Waals surface area contributed by atoms with E-state index in [1.165, 1.54) is 4.90 Å². The highest BCUT2D eigenvalue weighted by atomic mass is 16.5. The molecule has 2 aliphatic carbocycles. The van der Waals surface area contributed by atoms with E-state index in [1.807, 2.05) is 31.2 Å². The molecule has 0 aromatic heterocycles. The molecule has 0 spiro atoms. The summed E-state index contributed by atoms with van der Waals surface area (Å²) < 4.78 is 5.54. The van der Waals surface area contributed by atoms with Gasteiger partial charge in [-0.05, 0) is 80.0 Å². The Labute approximate surface area is 197 Å². The van der Waals surface area contributed by atoms with Crippen molar-refractivity contribution in [3.63, 3.8) is 0 Å². The van der Waals surface area contributed by atoms with Crippen LogP contribution in [0.2, 0.25) is 0 Å². The number of fused-ring (bicyclic) bond motifs is 5. The Morgan fingerprint density at radius 2 is 1.59 bits per heavy atom. The van der Waals surface area contributed by atoms with Crippen molar-refractivity contribution in [2.45, 2.75) is 32.6 Å². The lowest BCUT2D eigenvalue weighted by Gasteiger charge is -2.19. The first-order valence-corrected chi connectivity index (χ1v) is 12.0. The van der Waals surface area contributed by atoms with Crippen molar-refractivity contribution in [3.8, 4) is 5.75 Å². The largest absolute Gasteiger partial charge is 0.426 e. The number of amides is 3. The van der Waals surface area contributed by atoms with Gasteiger partial charge in [0.15, 0.2) is 0 Å². The molecule has 2 saturated heterocycles. The highest BCUT2D eigenvalue weighted by Crippen LogP contribution is 2.56. The van der Waals surface area contributed by atoms with E-state index in [1.54, 1.807) is 29.2 Å². The van der Waals surface area contributed by atoms with Gasteiger partial charge in [0.1, 0.15) is 5.75 Å².